The number of hydrogen-bond donors (Lipinski definition) is 3. The van der Waals surface area contributed by atoms with Crippen LogP contribution in [0.4, 0.5) is 11.8 Å². The molecule has 0 unspecified atom stereocenters. The lowest BCUT2D eigenvalue weighted by Gasteiger charge is -2.30. The van der Waals surface area contributed by atoms with E-state index in [0.717, 1.165) is 32.1 Å². The van der Waals surface area contributed by atoms with Crippen molar-refractivity contribution in [1.29, 1.82) is 5.41 Å². The van der Waals surface area contributed by atoms with E-state index in [9.17, 15) is 0 Å². The average molecular weight is 266 g/mol. The molecule has 2 rings (SSSR count). The molecule has 0 bridgehead atoms. The second-order valence-corrected chi connectivity index (χ2v) is 5.09. The third-order valence-electron chi connectivity index (χ3n) is 3.05. The lowest BCUT2D eigenvalue weighted by Crippen LogP contribution is -2.35. The fourth-order valence-corrected chi connectivity index (χ4v) is 2.53. The van der Waals surface area contributed by atoms with E-state index in [1.165, 1.54) is 0 Å². The Morgan fingerprint density at radius 2 is 2.28 bits per heavy atom. The van der Waals surface area contributed by atoms with Crippen molar-refractivity contribution in [1.82, 2.24) is 14.3 Å². The van der Waals surface area contributed by atoms with Gasteiger partial charge in [0.1, 0.15) is 5.82 Å². The molecule has 0 radical (unpaired) electrons. The Morgan fingerprint density at radius 1 is 1.56 bits per heavy atom. The van der Waals surface area contributed by atoms with Gasteiger partial charge in [0.15, 0.2) is 0 Å². The van der Waals surface area contributed by atoms with Gasteiger partial charge in [0.05, 0.1) is 5.56 Å². The summed E-state index contributed by atoms with van der Waals surface area (Å²) in [5.41, 5.74) is 6.28. The lowest BCUT2D eigenvalue weighted by molar-refractivity contribution is 0.358. The molecular weight excluding hydrogens is 248 g/mol. The number of nitrogen functional groups attached to an aromatic ring is 1. The highest BCUT2D eigenvalue weighted by Gasteiger charge is 2.19. The number of nitrogens with zero attached hydrogens (tertiary/aromatic N) is 3. The molecule has 0 aliphatic carbocycles. The molecule has 0 saturated carbocycles. The van der Waals surface area contributed by atoms with Gasteiger partial charge in [0.2, 0.25) is 5.95 Å². The second kappa shape index (κ2) is 6.01. The number of piperidine rings is 1. The van der Waals surface area contributed by atoms with Crippen LogP contribution >= 0.6 is 11.9 Å². The van der Waals surface area contributed by atoms with Crippen molar-refractivity contribution in [2.75, 3.05) is 30.4 Å². The summed E-state index contributed by atoms with van der Waals surface area (Å²) in [7, 11) is 0. The number of hydrogen-bond acceptors (Lipinski definition) is 7. The number of rotatable bonds is 4. The number of nitrogens with two attached hydrogens (primary N) is 1. The van der Waals surface area contributed by atoms with Crippen molar-refractivity contribution in [2.45, 2.75) is 18.9 Å². The van der Waals surface area contributed by atoms with Crippen molar-refractivity contribution in [3.63, 3.8) is 0 Å². The molecule has 1 aromatic rings. The SMILES string of the molecule is CSN1CCC(Nc2ncc(C=N)c(N)n2)CC1. The van der Waals surface area contributed by atoms with Gasteiger partial charge >= 0.3 is 0 Å². The summed E-state index contributed by atoms with van der Waals surface area (Å²) < 4.78 is 2.35. The number of nitrogens with one attached hydrogen (secondary N) is 2. The summed E-state index contributed by atoms with van der Waals surface area (Å²) in [6, 6.07) is 0.402. The molecule has 4 N–H and O–H groups in total. The Morgan fingerprint density at radius 3 is 2.83 bits per heavy atom. The van der Waals surface area contributed by atoms with Gasteiger partial charge < -0.3 is 16.5 Å². The second-order valence-electron chi connectivity index (χ2n) is 4.21. The third-order valence-corrected chi connectivity index (χ3v) is 3.93. The van der Waals surface area contributed by atoms with Crippen LogP contribution < -0.4 is 11.1 Å². The Kier molecular flexibility index (Phi) is 4.38. The standard InChI is InChI=1S/C11H18N6S/c1-18-17-4-2-9(3-5-17)15-11-14-7-8(6-12)10(13)16-11/h6-7,9,12H,2-5H2,1H3,(H3,13,14,15,16). The molecule has 2 heterocycles. The zero-order valence-corrected chi connectivity index (χ0v) is 11.2. The molecule has 0 atom stereocenters. The van der Waals surface area contributed by atoms with Gasteiger partial charge in [-0.15, -0.1) is 0 Å². The van der Waals surface area contributed by atoms with Crippen molar-refractivity contribution < 1.29 is 0 Å². The molecule has 1 saturated heterocycles. The van der Waals surface area contributed by atoms with E-state index < -0.39 is 0 Å². The molecule has 0 aromatic carbocycles. The van der Waals surface area contributed by atoms with Crippen LogP contribution in [-0.4, -0.2) is 45.9 Å². The molecule has 0 spiro atoms. The number of anilines is 2. The topological polar surface area (TPSA) is 90.9 Å². The fourth-order valence-electron chi connectivity index (χ4n) is 1.95. The Balaban J connectivity index is 1.94. The quantitative estimate of drug-likeness (QED) is 0.560. The van der Waals surface area contributed by atoms with E-state index >= 15 is 0 Å². The highest BCUT2D eigenvalue weighted by atomic mass is 32.2. The summed E-state index contributed by atoms with van der Waals surface area (Å²) in [6.07, 6.45) is 7.01. The number of aromatic nitrogens is 2. The lowest BCUT2D eigenvalue weighted by atomic mass is 10.1. The normalized spacial score (nSPS) is 17.6. The van der Waals surface area contributed by atoms with Crippen LogP contribution in [-0.2, 0) is 0 Å². The Bertz CT molecular complexity index is 416. The van der Waals surface area contributed by atoms with Crippen LogP contribution in [0.25, 0.3) is 0 Å². The molecule has 0 amide bonds. The first kappa shape index (κ1) is 13.1. The molecule has 6 nitrogen and oxygen atoms in total. The van der Waals surface area contributed by atoms with E-state index in [1.54, 1.807) is 18.1 Å². The summed E-state index contributed by atoms with van der Waals surface area (Å²) in [6.45, 7) is 2.15. The predicted molar refractivity (Wildman–Crippen MR) is 76.1 cm³/mol. The molecule has 1 aliphatic rings. The van der Waals surface area contributed by atoms with Crippen LogP contribution in [0, 0.1) is 5.41 Å². The van der Waals surface area contributed by atoms with Crippen LogP contribution in [0.3, 0.4) is 0 Å². The van der Waals surface area contributed by atoms with E-state index in [-0.39, 0.29) is 0 Å². The maximum atomic E-state index is 7.14. The maximum absolute atomic E-state index is 7.14. The van der Waals surface area contributed by atoms with Crippen molar-refractivity contribution in [2.24, 2.45) is 0 Å². The first-order chi connectivity index (χ1) is 8.72. The third kappa shape index (κ3) is 3.11. The van der Waals surface area contributed by atoms with Crippen molar-refractivity contribution in [3.8, 4) is 0 Å². The summed E-state index contributed by atoms with van der Waals surface area (Å²) >= 11 is 1.79. The van der Waals surface area contributed by atoms with Crippen LogP contribution in [0.1, 0.15) is 18.4 Å². The minimum Gasteiger partial charge on any atom is -0.383 e. The Hall–Kier alpha value is -1.34. The van der Waals surface area contributed by atoms with E-state index in [0.29, 0.717) is 23.4 Å². The van der Waals surface area contributed by atoms with Crippen LogP contribution in [0.15, 0.2) is 6.20 Å². The van der Waals surface area contributed by atoms with Gasteiger partial charge in [0, 0.05) is 31.5 Å². The maximum Gasteiger partial charge on any atom is 0.224 e. The van der Waals surface area contributed by atoms with E-state index in [4.69, 9.17) is 11.1 Å². The van der Waals surface area contributed by atoms with Gasteiger partial charge in [-0.05, 0) is 19.1 Å². The molecule has 7 heteroatoms. The van der Waals surface area contributed by atoms with Gasteiger partial charge in [-0.2, -0.15) is 4.98 Å². The average Bonchev–Trinajstić information content (AvgIpc) is 2.40. The van der Waals surface area contributed by atoms with Gasteiger partial charge in [-0.25, -0.2) is 4.98 Å². The van der Waals surface area contributed by atoms with Crippen LogP contribution in [0.2, 0.25) is 0 Å². The summed E-state index contributed by atoms with van der Waals surface area (Å²) in [5, 5.41) is 10.4. The molecule has 1 aromatic heterocycles. The zero-order chi connectivity index (χ0) is 13.0. The zero-order valence-electron chi connectivity index (χ0n) is 10.4. The highest BCUT2D eigenvalue weighted by molar-refractivity contribution is 7.96. The van der Waals surface area contributed by atoms with Crippen LogP contribution in [0.5, 0.6) is 0 Å². The Labute approximate surface area is 111 Å². The van der Waals surface area contributed by atoms with Gasteiger partial charge in [-0.3, -0.25) is 4.31 Å². The monoisotopic (exact) mass is 266 g/mol. The van der Waals surface area contributed by atoms with E-state index in [1.807, 2.05) is 0 Å². The van der Waals surface area contributed by atoms with Gasteiger partial charge in [-0.1, -0.05) is 11.9 Å². The molecule has 18 heavy (non-hydrogen) atoms. The summed E-state index contributed by atoms with van der Waals surface area (Å²) in [4.78, 5) is 8.33. The molecule has 1 fully saturated rings. The summed E-state index contributed by atoms with van der Waals surface area (Å²) in [5.74, 6) is 0.907. The van der Waals surface area contributed by atoms with Gasteiger partial charge in [0.25, 0.3) is 0 Å². The smallest absolute Gasteiger partial charge is 0.224 e. The fraction of sp³-hybridized carbons (Fsp3) is 0.545. The van der Waals surface area contributed by atoms with E-state index in [2.05, 4.69) is 25.8 Å². The van der Waals surface area contributed by atoms with Crippen molar-refractivity contribution in [3.05, 3.63) is 11.8 Å². The largest absolute Gasteiger partial charge is 0.383 e. The first-order valence-electron chi connectivity index (χ1n) is 5.91. The predicted octanol–water partition coefficient (Wildman–Crippen LogP) is 1.21. The molecule has 98 valence electrons. The van der Waals surface area contributed by atoms with Crippen molar-refractivity contribution >= 4 is 29.9 Å². The molecular formula is C11H18N6S. The minimum absolute atomic E-state index is 0.351. The first-order valence-corrected chi connectivity index (χ1v) is 7.09. The molecule has 1 aliphatic heterocycles. The highest BCUT2D eigenvalue weighted by Crippen LogP contribution is 2.19. The minimum atomic E-state index is 0.351.